The Kier molecular flexibility index (Phi) is 7.82. The number of ether oxygens (including phenoxy) is 3. The molecule has 140 valence electrons. The average Bonchev–Trinajstić information content (AvgIpc) is 2.70. The second-order valence-corrected chi connectivity index (χ2v) is 6.07. The summed E-state index contributed by atoms with van der Waals surface area (Å²) in [5.74, 6) is 2.67. The maximum Gasteiger partial charge on any atom is 0.139 e. The van der Waals surface area contributed by atoms with Crippen molar-refractivity contribution in [1.29, 1.82) is 0 Å². The largest absolute Gasteiger partial charge is 0.488 e. The molecule has 4 heteroatoms. The molecule has 0 unspecified atom stereocenters. The maximum absolute atomic E-state index is 5.97. The molecule has 0 spiro atoms. The van der Waals surface area contributed by atoms with Crippen molar-refractivity contribution < 1.29 is 14.2 Å². The summed E-state index contributed by atoms with van der Waals surface area (Å²) < 4.78 is 18.1. The van der Waals surface area contributed by atoms with Crippen molar-refractivity contribution >= 4 is 33.7 Å². The van der Waals surface area contributed by atoms with E-state index in [9.17, 15) is 0 Å². The van der Waals surface area contributed by atoms with Gasteiger partial charge in [-0.25, -0.2) is 0 Å². The topological polar surface area (TPSA) is 27.7 Å². The smallest absolute Gasteiger partial charge is 0.139 e. The highest BCUT2D eigenvalue weighted by atomic mass is 127. The Balaban J connectivity index is 0.000000570. The second-order valence-electron chi connectivity index (χ2n) is 5.45. The van der Waals surface area contributed by atoms with Gasteiger partial charge in [0.15, 0.2) is 0 Å². The Hall–Kier alpha value is -1.69. The number of hydrogen-bond donors (Lipinski definition) is 0. The molecule has 0 aliphatic carbocycles. The molecule has 0 saturated carbocycles. The first-order chi connectivity index (χ1) is 12.8. The lowest BCUT2D eigenvalue weighted by atomic mass is 9.90. The monoisotopic (exact) mass is 466 g/mol. The molecule has 0 bridgehead atoms. The van der Waals surface area contributed by atoms with E-state index in [1.165, 1.54) is 16.7 Å². The van der Waals surface area contributed by atoms with Crippen LogP contribution >= 0.6 is 22.6 Å². The lowest BCUT2D eigenvalue weighted by Gasteiger charge is -2.29. The SMILES string of the molecule is CC.CC.Cc1ccc2c(c1)OCC1=C2COc2cc(OCI)ccc21. The molecule has 26 heavy (non-hydrogen) atoms. The van der Waals surface area contributed by atoms with Gasteiger partial charge in [0.2, 0.25) is 0 Å². The van der Waals surface area contributed by atoms with Gasteiger partial charge in [-0.05, 0) is 53.3 Å². The number of fused-ring (bicyclic) bond motifs is 4. The molecule has 3 nitrogen and oxygen atoms in total. The van der Waals surface area contributed by atoms with Crippen LogP contribution in [0.5, 0.6) is 17.2 Å². The van der Waals surface area contributed by atoms with Gasteiger partial charge in [-0.15, -0.1) is 0 Å². The van der Waals surface area contributed by atoms with Gasteiger partial charge in [0.05, 0.1) is 0 Å². The lowest BCUT2D eigenvalue weighted by Crippen LogP contribution is -2.19. The van der Waals surface area contributed by atoms with E-state index in [0.717, 1.165) is 28.4 Å². The highest BCUT2D eigenvalue weighted by molar-refractivity contribution is 14.1. The molecule has 0 N–H and O–H groups in total. The third-order valence-corrected chi connectivity index (χ3v) is 4.38. The third kappa shape index (κ3) is 4.17. The number of benzene rings is 2. The Morgan fingerprint density at radius 2 is 1.38 bits per heavy atom. The molecule has 2 heterocycles. The summed E-state index contributed by atoms with van der Waals surface area (Å²) in [4.78, 5) is 0. The standard InChI is InChI=1S/C18H15IO3.2C2H6/c1-11-2-4-13-15-9-21-18-7-12(22-10-19)3-5-14(18)16(15)8-20-17(13)6-11;2*1-2/h2-7H,8-10H2,1H3;2*1-2H3. The number of halogens is 1. The Morgan fingerprint density at radius 1 is 0.846 bits per heavy atom. The molecule has 2 aliphatic rings. The van der Waals surface area contributed by atoms with Gasteiger partial charge in [-0.3, -0.25) is 0 Å². The zero-order chi connectivity index (χ0) is 19.1. The van der Waals surface area contributed by atoms with Gasteiger partial charge >= 0.3 is 0 Å². The van der Waals surface area contributed by atoms with Crippen LogP contribution in [0.1, 0.15) is 44.4 Å². The predicted octanol–water partition coefficient (Wildman–Crippen LogP) is 6.51. The normalized spacial score (nSPS) is 13.3. The molecule has 0 amide bonds. The van der Waals surface area contributed by atoms with Crippen LogP contribution in [0.15, 0.2) is 36.4 Å². The number of aryl methyl sites for hydroxylation is 1. The maximum atomic E-state index is 5.97. The van der Waals surface area contributed by atoms with Gasteiger partial charge in [-0.2, -0.15) is 0 Å². The fourth-order valence-corrected chi connectivity index (χ4v) is 3.34. The fourth-order valence-electron chi connectivity index (χ4n) is 2.98. The van der Waals surface area contributed by atoms with Gasteiger partial charge < -0.3 is 14.2 Å². The summed E-state index contributed by atoms with van der Waals surface area (Å²) in [7, 11) is 0. The van der Waals surface area contributed by atoms with Crippen LogP contribution in [0.2, 0.25) is 0 Å². The summed E-state index contributed by atoms with van der Waals surface area (Å²) >= 11 is 2.19. The molecule has 2 aliphatic heterocycles. The van der Waals surface area contributed by atoms with E-state index in [0.29, 0.717) is 17.8 Å². The Bertz CT molecular complexity index is 781. The Labute approximate surface area is 170 Å². The van der Waals surface area contributed by atoms with Crippen molar-refractivity contribution in [2.45, 2.75) is 34.6 Å². The average molecular weight is 466 g/mol. The van der Waals surface area contributed by atoms with Crippen molar-refractivity contribution in [3.05, 3.63) is 53.1 Å². The van der Waals surface area contributed by atoms with Crippen LogP contribution in [-0.2, 0) is 0 Å². The highest BCUT2D eigenvalue weighted by Gasteiger charge is 2.27. The molecule has 4 rings (SSSR count). The number of hydrogen-bond acceptors (Lipinski definition) is 3. The van der Waals surface area contributed by atoms with E-state index in [1.807, 2.05) is 39.8 Å². The van der Waals surface area contributed by atoms with Crippen LogP contribution < -0.4 is 14.2 Å². The highest BCUT2D eigenvalue weighted by Crippen LogP contribution is 2.44. The molecule has 0 aromatic heterocycles. The van der Waals surface area contributed by atoms with Gasteiger partial charge in [-0.1, -0.05) is 39.8 Å². The number of alkyl halides is 1. The van der Waals surface area contributed by atoms with Crippen LogP contribution in [0, 0.1) is 6.92 Å². The quantitative estimate of drug-likeness (QED) is 0.373. The van der Waals surface area contributed by atoms with Crippen molar-refractivity contribution in [1.82, 2.24) is 0 Å². The third-order valence-electron chi connectivity index (χ3n) is 4.07. The van der Waals surface area contributed by atoms with Crippen molar-refractivity contribution in [2.24, 2.45) is 0 Å². The lowest BCUT2D eigenvalue weighted by molar-refractivity contribution is 0.334. The van der Waals surface area contributed by atoms with Crippen molar-refractivity contribution in [2.75, 3.05) is 17.8 Å². The molecule has 2 aromatic carbocycles. The fraction of sp³-hybridized carbons (Fsp3) is 0.364. The van der Waals surface area contributed by atoms with Gasteiger partial charge in [0.25, 0.3) is 0 Å². The van der Waals surface area contributed by atoms with E-state index in [1.54, 1.807) is 0 Å². The Morgan fingerprint density at radius 3 is 1.96 bits per heavy atom. The van der Waals surface area contributed by atoms with Crippen molar-refractivity contribution in [3.8, 4) is 17.2 Å². The van der Waals surface area contributed by atoms with E-state index >= 15 is 0 Å². The van der Waals surface area contributed by atoms with Crippen LogP contribution in [0.3, 0.4) is 0 Å². The molecule has 2 aromatic rings. The van der Waals surface area contributed by atoms with Crippen LogP contribution in [0.4, 0.5) is 0 Å². The summed E-state index contributed by atoms with van der Waals surface area (Å²) in [6.07, 6.45) is 0. The minimum Gasteiger partial charge on any atom is -0.488 e. The zero-order valence-corrected chi connectivity index (χ0v) is 18.3. The number of rotatable bonds is 2. The summed E-state index contributed by atoms with van der Waals surface area (Å²) in [5, 5.41) is 0. The summed E-state index contributed by atoms with van der Waals surface area (Å²) in [6, 6.07) is 12.3. The van der Waals surface area contributed by atoms with Crippen molar-refractivity contribution in [3.63, 3.8) is 0 Å². The van der Waals surface area contributed by atoms with Gasteiger partial charge in [0.1, 0.15) is 35.1 Å². The van der Waals surface area contributed by atoms with Gasteiger partial charge in [0, 0.05) is 28.3 Å². The zero-order valence-electron chi connectivity index (χ0n) is 16.2. The molecule has 0 atom stereocenters. The van der Waals surface area contributed by atoms with E-state index < -0.39 is 0 Å². The van der Waals surface area contributed by atoms with Crippen LogP contribution in [-0.4, -0.2) is 17.8 Å². The minimum absolute atomic E-state index is 0.579. The predicted molar refractivity (Wildman–Crippen MR) is 118 cm³/mol. The molecule has 0 radical (unpaired) electrons. The molecular weight excluding hydrogens is 439 g/mol. The summed E-state index contributed by atoms with van der Waals surface area (Å²) in [6.45, 7) is 11.2. The second kappa shape index (κ2) is 9.86. The first-order valence-electron chi connectivity index (χ1n) is 9.18. The van der Waals surface area contributed by atoms with E-state index in [2.05, 4.69) is 53.8 Å². The summed E-state index contributed by atoms with van der Waals surface area (Å²) in [5.41, 5.74) is 5.91. The first-order valence-corrected chi connectivity index (χ1v) is 10.7. The van der Waals surface area contributed by atoms with E-state index in [-0.39, 0.29) is 0 Å². The van der Waals surface area contributed by atoms with Crippen LogP contribution in [0.25, 0.3) is 11.1 Å². The first kappa shape index (κ1) is 20.6. The molecule has 0 saturated heterocycles. The molecular formula is C22H27IO3. The van der Waals surface area contributed by atoms with E-state index in [4.69, 9.17) is 14.2 Å². The minimum atomic E-state index is 0.579. The molecule has 0 fully saturated rings.